The van der Waals surface area contributed by atoms with Crippen LogP contribution in [-0.4, -0.2) is 39.0 Å². The van der Waals surface area contributed by atoms with Crippen molar-refractivity contribution in [2.75, 3.05) is 25.4 Å². The van der Waals surface area contributed by atoms with Crippen LogP contribution in [-0.2, 0) is 10.0 Å². The molecule has 0 radical (unpaired) electrons. The fraction of sp³-hybridized carbons (Fsp3) is 0.600. The van der Waals surface area contributed by atoms with Crippen molar-refractivity contribution < 1.29 is 8.42 Å². The summed E-state index contributed by atoms with van der Waals surface area (Å²) in [5.74, 6) is 0.465. The molecular formula is C15H23N3O2S. The monoisotopic (exact) mass is 309 g/mol. The first-order chi connectivity index (χ1) is 9.87. The molecular weight excluding hydrogens is 286 g/mol. The molecule has 6 heteroatoms. The molecule has 1 atom stereocenters. The second-order valence-electron chi connectivity index (χ2n) is 6.33. The Morgan fingerprint density at radius 3 is 2.48 bits per heavy atom. The SMILES string of the molecule is Cc1cc(N)cc(S(=O)(=O)NC2CN3CCC2CC3)c1C. The van der Waals surface area contributed by atoms with Crippen molar-refractivity contribution in [1.82, 2.24) is 9.62 Å². The number of aryl methyl sites for hydroxylation is 1. The fourth-order valence-electron chi connectivity index (χ4n) is 3.49. The Hall–Kier alpha value is -1.11. The van der Waals surface area contributed by atoms with Gasteiger partial charge in [0.25, 0.3) is 0 Å². The number of nitrogens with two attached hydrogens (primary N) is 1. The first-order valence-corrected chi connectivity index (χ1v) is 8.96. The Balaban J connectivity index is 1.88. The molecule has 4 rings (SSSR count). The van der Waals surface area contributed by atoms with E-state index >= 15 is 0 Å². The van der Waals surface area contributed by atoms with Gasteiger partial charge in [0.1, 0.15) is 0 Å². The van der Waals surface area contributed by atoms with Crippen LogP contribution in [0.5, 0.6) is 0 Å². The molecule has 5 nitrogen and oxygen atoms in total. The van der Waals surface area contributed by atoms with Gasteiger partial charge < -0.3 is 10.6 Å². The number of benzene rings is 1. The number of nitrogen functional groups attached to an aromatic ring is 1. The Bertz CT molecular complexity index is 649. The van der Waals surface area contributed by atoms with Gasteiger partial charge in [0.05, 0.1) is 4.90 Å². The Morgan fingerprint density at radius 2 is 1.90 bits per heavy atom. The van der Waals surface area contributed by atoms with Crippen molar-refractivity contribution in [3.05, 3.63) is 23.3 Å². The number of nitrogens with one attached hydrogen (secondary N) is 1. The average Bonchev–Trinajstić information content (AvgIpc) is 2.43. The van der Waals surface area contributed by atoms with E-state index < -0.39 is 10.0 Å². The summed E-state index contributed by atoms with van der Waals surface area (Å²) in [5, 5.41) is 0. The largest absolute Gasteiger partial charge is 0.399 e. The number of hydrogen-bond donors (Lipinski definition) is 2. The molecule has 1 unspecified atom stereocenters. The maximum Gasteiger partial charge on any atom is 0.241 e. The van der Waals surface area contributed by atoms with E-state index in [1.54, 1.807) is 6.07 Å². The highest BCUT2D eigenvalue weighted by atomic mass is 32.2. The van der Waals surface area contributed by atoms with Gasteiger partial charge in [-0.15, -0.1) is 0 Å². The lowest BCUT2D eigenvalue weighted by atomic mass is 9.85. The lowest BCUT2D eigenvalue weighted by Gasteiger charge is -2.44. The summed E-state index contributed by atoms with van der Waals surface area (Å²) in [7, 11) is -3.51. The molecule has 3 aliphatic rings. The Morgan fingerprint density at radius 1 is 1.24 bits per heavy atom. The van der Waals surface area contributed by atoms with Crippen LogP contribution in [0.3, 0.4) is 0 Å². The second-order valence-corrected chi connectivity index (χ2v) is 8.01. The van der Waals surface area contributed by atoms with Crippen molar-refractivity contribution in [2.45, 2.75) is 37.6 Å². The van der Waals surface area contributed by atoms with Crippen LogP contribution in [0.1, 0.15) is 24.0 Å². The molecule has 0 saturated carbocycles. The van der Waals surface area contributed by atoms with Gasteiger partial charge >= 0.3 is 0 Å². The molecule has 0 spiro atoms. The van der Waals surface area contributed by atoms with E-state index in [9.17, 15) is 8.42 Å². The van der Waals surface area contributed by atoms with Gasteiger partial charge in [0.2, 0.25) is 10.0 Å². The van der Waals surface area contributed by atoms with Crippen molar-refractivity contribution in [3.8, 4) is 0 Å². The highest BCUT2D eigenvalue weighted by Crippen LogP contribution is 2.29. The van der Waals surface area contributed by atoms with Crippen molar-refractivity contribution in [2.24, 2.45) is 5.92 Å². The highest BCUT2D eigenvalue weighted by molar-refractivity contribution is 7.89. The smallest absolute Gasteiger partial charge is 0.241 e. The first-order valence-electron chi connectivity index (χ1n) is 7.48. The summed E-state index contributed by atoms with van der Waals surface area (Å²) in [5.41, 5.74) is 7.99. The third kappa shape index (κ3) is 2.80. The molecule has 116 valence electrons. The summed E-state index contributed by atoms with van der Waals surface area (Å²) in [4.78, 5) is 2.65. The fourth-order valence-corrected chi connectivity index (χ4v) is 5.14. The lowest BCUT2D eigenvalue weighted by Crippen LogP contribution is -2.57. The molecule has 1 aromatic carbocycles. The van der Waals surface area contributed by atoms with Crippen LogP contribution >= 0.6 is 0 Å². The van der Waals surface area contributed by atoms with Crippen molar-refractivity contribution in [1.29, 1.82) is 0 Å². The van der Waals surface area contributed by atoms with Gasteiger partial charge in [-0.05, 0) is 69.0 Å². The molecule has 0 aromatic heterocycles. The molecule has 21 heavy (non-hydrogen) atoms. The predicted octanol–water partition coefficient (Wildman–Crippen LogP) is 1.26. The number of nitrogens with zero attached hydrogens (tertiary/aromatic N) is 1. The molecule has 3 N–H and O–H groups in total. The number of sulfonamides is 1. The topological polar surface area (TPSA) is 75.4 Å². The maximum atomic E-state index is 12.7. The standard InChI is InChI=1S/C15H23N3O2S/c1-10-7-13(16)8-15(11(10)2)21(19,20)17-14-9-18-5-3-12(14)4-6-18/h7-8,12,14,17H,3-6,9,16H2,1-2H3. The van der Waals surface area contributed by atoms with Crippen LogP contribution in [0, 0.1) is 19.8 Å². The van der Waals surface area contributed by atoms with Gasteiger partial charge in [-0.2, -0.15) is 0 Å². The average molecular weight is 309 g/mol. The van der Waals surface area contributed by atoms with Crippen LogP contribution in [0.25, 0.3) is 0 Å². The minimum absolute atomic E-state index is 0.0265. The molecule has 3 aliphatic heterocycles. The lowest BCUT2D eigenvalue weighted by molar-refractivity contribution is 0.0827. The van der Waals surface area contributed by atoms with Gasteiger partial charge in [-0.25, -0.2) is 13.1 Å². The normalized spacial score (nSPS) is 28.8. The second kappa shape index (κ2) is 5.26. The molecule has 3 saturated heterocycles. The summed E-state index contributed by atoms with van der Waals surface area (Å²) in [6.45, 7) is 6.74. The predicted molar refractivity (Wildman–Crippen MR) is 83.6 cm³/mol. The van der Waals surface area contributed by atoms with E-state index in [1.165, 1.54) is 0 Å². The van der Waals surface area contributed by atoms with Gasteiger partial charge in [-0.1, -0.05) is 0 Å². The van der Waals surface area contributed by atoms with E-state index in [2.05, 4.69) is 9.62 Å². The quantitative estimate of drug-likeness (QED) is 0.824. The summed E-state index contributed by atoms with van der Waals surface area (Å²) in [6, 6.07) is 3.40. The van der Waals surface area contributed by atoms with E-state index in [4.69, 9.17) is 5.73 Å². The number of anilines is 1. The zero-order valence-electron chi connectivity index (χ0n) is 12.6. The van der Waals surface area contributed by atoms with E-state index in [-0.39, 0.29) is 6.04 Å². The Kier molecular flexibility index (Phi) is 3.71. The summed E-state index contributed by atoms with van der Waals surface area (Å²) < 4.78 is 28.3. The Labute approximate surface area is 126 Å². The van der Waals surface area contributed by atoms with Gasteiger partial charge in [-0.3, -0.25) is 0 Å². The third-order valence-electron chi connectivity index (χ3n) is 4.89. The minimum atomic E-state index is -3.51. The minimum Gasteiger partial charge on any atom is -0.399 e. The van der Waals surface area contributed by atoms with Crippen LogP contribution in [0.2, 0.25) is 0 Å². The van der Waals surface area contributed by atoms with Gasteiger partial charge in [0, 0.05) is 18.3 Å². The van der Waals surface area contributed by atoms with Crippen LogP contribution in [0.15, 0.2) is 17.0 Å². The van der Waals surface area contributed by atoms with Crippen LogP contribution < -0.4 is 10.5 Å². The summed E-state index contributed by atoms with van der Waals surface area (Å²) >= 11 is 0. The van der Waals surface area contributed by atoms with Crippen LogP contribution in [0.4, 0.5) is 5.69 Å². The zero-order valence-corrected chi connectivity index (χ0v) is 13.4. The van der Waals surface area contributed by atoms with Crippen molar-refractivity contribution >= 4 is 15.7 Å². The number of piperidine rings is 3. The van der Waals surface area contributed by atoms with Gasteiger partial charge in [0.15, 0.2) is 0 Å². The molecule has 0 amide bonds. The summed E-state index contributed by atoms with van der Waals surface area (Å²) in [6.07, 6.45) is 2.17. The van der Waals surface area contributed by atoms with Crippen molar-refractivity contribution in [3.63, 3.8) is 0 Å². The number of hydrogen-bond acceptors (Lipinski definition) is 4. The van der Waals surface area contributed by atoms with E-state index in [1.807, 2.05) is 19.9 Å². The molecule has 3 heterocycles. The van der Waals surface area contributed by atoms with E-state index in [0.29, 0.717) is 16.5 Å². The number of fused-ring (bicyclic) bond motifs is 3. The molecule has 2 bridgehead atoms. The molecule has 3 fully saturated rings. The maximum absolute atomic E-state index is 12.7. The first kappa shape index (κ1) is 14.8. The zero-order chi connectivity index (χ0) is 15.2. The number of rotatable bonds is 3. The molecule has 1 aromatic rings. The van der Waals surface area contributed by atoms with E-state index in [0.717, 1.165) is 43.6 Å². The molecule has 0 aliphatic carbocycles. The third-order valence-corrected chi connectivity index (χ3v) is 6.51. The highest BCUT2D eigenvalue weighted by Gasteiger charge is 2.36.